The highest BCUT2D eigenvalue weighted by atomic mass is 16.7. The van der Waals surface area contributed by atoms with E-state index in [4.69, 9.17) is 29.8 Å². The number of hydrogen-bond acceptors (Lipinski definition) is 18. The van der Waals surface area contributed by atoms with Gasteiger partial charge in [0.15, 0.2) is 12.1 Å². The third kappa shape index (κ3) is 22.0. The number of aliphatic hydroxyl groups excluding tert-OH is 9. The van der Waals surface area contributed by atoms with Gasteiger partial charge < -0.3 is 86.0 Å². The molecule has 14 N–H and O–H groups in total. The van der Waals surface area contributed by atoms with Crippen LogP contribution in [0.15, 0.2) is 103 Å². The molecule has 0 aromatic heterocycles. The Bertz CT molecular complexity index is 2010. The minimum Gasteiger partial charge on any atom is -0.481 e. The predicted molar refractivity (Wildman–Crippen MR) is 270 cm³/mol. The van der Waals surface area contributed by atoms with Crippen molar-refractivity contribution >= 4 is 17.9 Å². The molecular weight excluding hydrogens is 967 g/mol. The zero-order valence-electron chi connectivity index (χ0n) is 42.6. The first kappa shape index (κ1) is 63.8. The molecule has 74 heavy (non-hydrogen) atoms. The third-order valence-electron chi connectivity index (χ3n) is 13.3. The second kappa shape index (κ2) is 32.2. The lowest BCUT2D eigenvalue weighted by atomic mass is 9.82. The van der Waals surface area contributed by atoms with Crippen molar-refractivity contribution in [3.63, 3.8) is 0 Å². The summed E-state index contributed by atoms with van der Waals surface area (Å²) in [6.45, 7) is 6.78. The zero-order valence-corrected chi connectivity index (χ0v) is 42.6. The van der Waals surface area contributed by atoms with E-state index in [0.717, 1.165) is 12.8 Å². The van der Waals surface area contributed by atoms with Gasteiger partial charge >= 0.3 is 17.9 Å². The van der Waals surface area contributed by atoms with Crippen LogP contribution in [0.1, 0.15) is 102 Å². The zero-order chi connectivity index (χ0) is 55.1. The van der Waals surface area contributed by atoms with Gasteiger partial charge in [-0.3, -0.25) is 9.59 Å². The van der Waals surface area contributed by atoms with E-state index < -0.39 is 146 Å². The maximum Gasteiger partial charge on any atom is 0.335 e. The molecule has 3 heterocycles. The number of nitrogens with two attached hydrogens (primary N) is 1. The van der Waals surface area contributed by atoms with Crippen molar-refractivity contribution in [3.05, 3.63) is 109 Å². The number of ether oxygens (including phenoxy) is 4. The molecule has 0 saturated carbocycles. The molecule has 2 fully saturated rings. The highest BCUT2D eigenvalue weighted by molar-refractivity contribution is 5.87. The van der Waals surface area contributed by atoms with Crippen LogP contribution < -0.4 is 5.73 Å². The fraction of sp³-hybridized carbons (Fsp3) is 0.611. The second-order valence-corrected chi connectivity index (χ2v) is 19.5. The molecule has 4 rings (SSSR count). The van der Waals surface area contributed by atoms with Gasteiger partial charge in [0.25, 0.3) is 0 Å². The van der Waals surface area contributed by atoms with Gasteiger partial charge in [-0.25, -0.2) is 4.79 Å². The van der Waals surface area contributed by atoms with E-state index in [1.807, 2.05) is 49.5 Å². The first-order valence-corrected chi connectivity index (χ1v) is 25.2. The fourth-order valence-corrected chi connectivity index (χ4v) is 8.69. The van der Waals surface area contributed by atoms with Gasteiger partial charge in [-0.1, -0.05) is 105 Å². The minimum atomic E-state index is -2.35. The Morgan fingerprint density at radius 2 is 1.24 bits per heavy atom. The molecule has 0 amide bonds. The number of carboxylic acids is 2. The Kier molecular flexibility index (Phi) is 27.7. The van der Waals surface area contributed by atoms with Crippen molar-refractivity contribution in [2.24, 2.45) is 23.5 Å². The summed E-state index contributed by atoms with van der Waals surface area (Å²) in [5.41, 5.74) is 6.35. The summed E-state index contributed by atoms with van der Waals surface area (Å²) in [4.78, 5) is 35.3. The molecule has 3 aliphatic rings. The second-order valence-electron chi connectivity index (χ2n) is 19.5. The van der Waals surface area contributed by atoms with Crippen molar-refractivity contribution in [1.82, 2.24) is 0 Å². The van der Waals surface area contributed by atoms with Crippen LogP contribution in [-0.2, 0) is 28.5 Å². The van der Waals surface area contributed by atoms with E-state index in [-0.39, 0.29) is 38.0 Å². The van der Waals surface area contributed by atoms with Crippen molar-refractivity contribution in [2.75, 3.05) is 0 Å². The molecule has 2 saturated heterocycles. The fourth-order valence-electron chi connectivity index (χ4n) is 8.69. The Hall–Kier alpha value is -4.49. The van der Waals surface area contributed by atoms with Crippen LogP contribution >= 0.6 is 0 Å². The predicted octanol–water partition coefficient (Wildman–Crippen LogP) is 2.32. The Morgan fingerprint density at radius 1 is 0.662 bits per heavy atom. The maximum atomic E-state index is 12.6. The first-order valence-electron chi connectivity index (χ1n) is 25.2. The summed E-state index contributed by atoms with van der Waals surface area (Å²) < 4.78 is 23.2. The molecule has 0 spiro atoms. The number of allylic oxidation sites excluding steroid dienone is 10. The van der Waals surface area contributed by atoms with E-state index in [1.165, 1.54) is 13.0 Å². The quantitative estimate of drug-likeness (QED) is 0.192. The standard InChI is InChI=1S/C47H75NO17.C7H6O2/c1-27-17-15-13-11-9-7-5-6-8-10-12-14-16-18-34(64-46-44(58)41(48)43(57)30(4)63-46)24-38-40(45(59)60)37(54)26-47(61,65-38)25-36(53)35(52)20-19-31(49)21-32(50)22-33(51)23-39(55)62-29(3)28(2)42(27)56;8-7(9)6-4-2-1-3-5-6/h5-6,8,10-18,27-38,40-44,46,49-54,56-58,61H,7,9,19-26,48H2,1-4H3,(H,59,60);1-5H,(H,8,9)/b6-5+,10-8+,13-11+,14-12+,17-15+,18-16+;/t27-,28-,29-,30+,31+,32+,33+,34-,35+,36+,37-,38-,40+,41-,42+,43+,44-,46-,47+;/m0./s1. The van der Waals surface area contributed by atoms with Gasteiger partial charge in [-0.2, -0.15) is 0 Å². The van der Waals surface area contributed by atoms with Gasteiger partial charge in [0, 0.05) is 31.1 Å². The summed E-state index contributed by atoms with van der Waals surface area (Å²) in [5.74, 6) is -7.70. The minimum absolute atomic E-state index is 0.138. The molecule has 0 radical (unpaired) electrons. The first-order chi connectivity index (χ1) is 34.9. The summed E-state index contributed by atoms with van der Waals surface area (Å²) in [6.07, 6.45) is 2.28. The van der Waals surface area contributed by atoms with E-state index in [0.29, 0.717) is 5.56 Å². The molecular formula is C54H81NO19. The SMILES string of the molecule is C[C@@H]1[C@H](O)[C@@H](C)/C=C/C=C/CC/C=C/C=C/C=C/C=C/[C@H](O[C@@H]2O[C@H](C)[C@@H](O)[C@H](N)[C@@H]2O)C[C@@H]2O[C@](O)(C[C@@H](O)[C@H](O)CC[C@@H](O)C[C@@H](O)C[C@@H](O)CC(=O)O[C@H]1C)C[C@H](O)[C@H]2C(=O)O.O=C(O)c1ccccc1. The number of aliphatic hydroxyl groups is 10. The largest absolute Gasteiger partial charge is 0.481 e. The molecule has 416 valence electrons. The summed E-state index contributed by atoms with van der Waals surface area (Å²) in [7, 11) is 0. The number of esters is 1. The number of aliphatic carboxylic acids is 1. The number of cyclic esters (lactones) is 1. The summed E-state index contributed by atoms with van der Waals surface area (Å²) in [6, 6.07) is 7.15. The Morgan fingerprint density at radius 3 is 1.86 bits per heavy atom. The normalized spacial score (nSPS) is 40.8. The number of benzene rings is 1. The Labute approximate surface area is 433 Å². The van der Waals surface area contributed by atoms with Crippen molar-refractivity contribution in [1.29, 1.82) is 0 Å². The average Bonchev–Trinajstić information content (AvgIpc) is 3.33. The topological polar surface area (TPSA) is 357 Å². The summed E-state index contributed by atoms with van der Waals surface area (Å²) in [5, 5.41) is 127. The summed E-state index contributed by atoms with van der Waals surface area (Å²) >= 11 is 0. The average molecular weight is 1050 g/mol. The molecule has 0 aliphatic carbocycles. The van der Waals surface area contributed by atoms with Crippen LogP contribution in [0.5, 0.6) is 0 Å². The number of hydrogen-bond donors (Lipinski definition) is 13. The van der Waals surface area contributed by atoms with Crippen LogP contribution in [0.25, 0.3) is 0 Å². The van der Waals surface area contributed by atoms with E-state index in [1.54, 1.807) is 68.5 Å². The smallest absolute Gasteiger partial charge is 0.335 e. The molecule has 19 atom stereocenters. The van der Waals surface area contributed by atoms with Crippen LogP contribution in [0.4, 0.5) is 0 Å². The molecule has 1 aromatic rings. The molecule has 0 unspecified atom stereocenters. The van der Waals surface area contributed by atoms with E-state index >= 15 is 0 Å². The van der Waals surface area contributed by atoms with Crippen molar-refractivity contribution in [2.45, 2.75) is 189 Å². The van der Waals surface area contributed by atoms with Crippen molar-refractivity contribution in [3.8, 4) is 0 Å². The van der Waals surface area contributed by atoms with Gasteiger partial charge in [0.1, 0.15) is 18.1 Å². The monoisotopic (exact) mass is 1050 g/mol. The highest BCUT2D eigenvalue weighted by Crippen LogP contribution is 2.38. The molecule has 3 aliphatic heterocycles. The third-order valence-corrected chi connectivity index (χ3v) is 13.3. The highest BCUT2D eigenvalue weighted by Gasteiger charge is 2.51. The number of carboxylic acid groups (broad SMARTS) is 2. The maximum absolute atomic E-state index is 12.6. The lowest BCUT2D eigenvalue weighted by Crippen LogP contribution is -2.61. The molecule has 20 nitrogen and oxygen atoms in total. The van der Waals surface area contributed by atoms with Crippen LogP contribution in [0.2, 0.25) is 0 Å². The van der Waals surface area contributed by atoms with Crippen LogP contribution in [-0.4, -0.2) is 177 Å². The number of rotatable bonds is 4. The lowest BCUT2D eigenvalue weighted by molar-refractivity contribution is -0.310. The van der Waals surface area contributed by atoms with E-state index in [2.05, 4.69) is 0 Å². The number of carbonyl (C=O) groups excluding carboxylic acids is 1. The number of fused-ring (bicyclic) bond motifs is 2. The number of carbonyl (C=O) groups is 3. The molecule has 1 aromatic carbocycles. The molecule has 20 heteroatoms. The van der Waals surface area contributed by atoms with E-state index in [9.17, 15) is 70.6 Å². The number of aromatic carboxylic acids is 1. The van der Waals surface area contributed by atoms with Crippen LogP contribution in [0, 0.1) is 17.8 Å². The van der Waals surface area contributed by atoms with Gasteiger partial charge in [0.2, 0.25) is 0 Å². The van der Waals surface area contributed by atoms with Gasteiger partial charge in [-0.15, -0.1) is 0 Å². The van der Waals surface area contributed by atoms with Gasteiger partial charge in [0.05, 0.1) is 85.2 Å². The molecule has 2 bridgehead atoms. The van der Waals surface area contributed by atoms with Crippen molar-refractivity contribution < 1.29 is 94.6 Å². The van der Waals surface area contributed by atoms with Gasteiger partial charge in [-0.05, 0) is 64.5 Å². The lowest BCUT2D eigenvalue weighted by Gasteiger charge is -2.45. The van der Waals surface area contributed by atoms with Crippen LogP contribution in [0.3, 0.4) is 0 Å². The Balaban J connectivity index is 0.00000144.